The van der Waals surface area contributed by atoms with Crippen molar-refractivity contribution >= 4 is 5.91 Å². The highest BCUT2D eigenvalue weighted by Crippen LogP contribution is 2.19. The van der Waals surface area contributed by atoms with Gasteiger partial charge in [-0.15, -0.1) is 12.3 Å². The normalized spacial score (nSPS) is 15.2. The van der Waals surface area contributed by atoms with Crippen molar-refractivity contribution in [2.24, 2.45) is 5.73 Å². The predicted molar refractivity (Wildman–Crippen MR) is 70.4 cm³/mol. The number of nitrogens with two attached hydrogens (primary N) is 1. The quantitative estimate of drug-likeness (QED) is 0.657. The maximum Gasteiger partial charge on any atom is 0.238 e. The lowest BCUT2D eigenvalue weighted by Gasteiger charge is -2.30. The van der Waals surface area contributed by atoms with Crippen LogP contribution in [0.2, 0.25) is 0 Å². The molecule has 0 fully saturated rings. The second-order valence-electron chi connectivity index (χ2n) is 4.36. The number of aliphatic hydroxyl groups excluding tert-OH is 1. The van der Waals surface area contributed by atoms with Gasteiger partial charge in [0.15, 0.2) is 0 Å². The zero-order valence-electron chi connectivity index (χ0n) is 10.4. The van der Waals surface area contributed by atoms with Gasteiger partial charge in [0.25, 0.3) is 0 Å². The molecule has 0 aromatic heterocycles. The van der Waals surface area contributed by atoms with E-state index in [1.165, 1.54) is 0 Å². The molecular formula is C14H18N2O2. The molecule has 18 heavy (non-hydrogen) atoms. The van der Waals surface area contributed by atoms with Crippen LogP contribution in [-0.4, -0.2) is 23.7 Å². The molecule has 0 aliphatic rings. The van der Waals surface area contributed by atoms with E-state index in [1.807, 2.05) is 30.3 Å². The van der Waals surface area contributed by atoms with Crippen LogP contribution in [0.4, 0.5) is 0 Å². The molecule has 2 unspecified atom stereocenters. The number of carbonyl (C=O) groups is 1. The molecule has 4 N–H and O–H groups in total. The fourth-order valence-electron chi connectivity index (χ4n) is 1.59. The third-order valence-electron chi connectivity index (χ3n) is 2.80. The van der Waals surface area contributed by atoms with Crippen molar-refractivity contribution in [3.05, 3.63) is 35.9 Å². The van der Waals surface area contributed by atoms with E-state index in [4.69, 9.17) is 12.2 Å². The Morgan fingerprint density at radius 2 is 2.17 bits per heavy atom. The fraction of sp³-hybridized carbons (Fsp3) is 0.357. The van der Waals surface area contributed by atoms with E-state index >= 15 is 0 Å². The Morgan fingerprint density at radius 3 is 2.67 bits per heavy atom. The van der Waals surface area contributed by atoms with E-state index in [2.05, 4.69) is 11.2 Å². The van der Waals surface area contributed by atoms with Gasteiger partial charge < -0.3 is 16.2 Å². The number of aliphatic hydroxyl groups is 1. The fourth-order valence-corrected chi connectivity index (χ4v) is 1.59. The number of hydrogen-bond donors (Lipinski definition) is 3. The lowest BCUT2D eigenvalue weighted by Crippen LogP contribution is -2.52. The van der Waals surface area contributed by atoms with Gasteiger partial charge in [0.1, 0.15) is 0 Å². The molecule has 4 heteroatoms. The predicted octanol–water partition coefficient (Wildman–Crippen LogP) is 0.361. The SMILES string of the molecule is C#CCC(N)C(=O)NC(C)(CO)c1ccccc1. The Labute approximate surface area is 107 Å². The lowest BCUT2D eigenvalue weighted by molar-refractivity contribution is -0.124. The summed E-state index contributed by atoms with van der Waals surface area (Å²) in [4.78, 5) is 11.8. The Morgan fingerprint density at radius 1 is 1.56 bits per heavy atom. The molecule has 0 aliphatic heterocycles. The van der Waals surface area contributed by atoms with Crippen molar-refractivity contribution in [1.82, 2.24) is 5.32 Å². The standard InChI is InChI=1S/C14H18N2O2/c1-3-7-12(15)13(18)16-14(2,10-17)11-8-5-4-6-9-11/h1,4-6,8-9,12,17H,7,10,15H2,2H3,(H,16,18). The van der Waals surface area contributed by atoms with Crippen LogP contribution in [0.5, 0.6) is 0 Å². The molecule has 0 spiro atoms. The van der Waals surface area contributed by atoms with Gasteiger partial charge in [-0.2, -0.15) is 0 Å². The van der Waals surface area contributed by atoms with Crippen LogP contribution in [0.25, 0.3) is 0 Å². The largest absolute Gasteiger partial charge is 0.394 e. The molecule has 2 atom stereocenters. The molecule has 0 saturated heterocycles. The van der Waals surface area contributed by atoms with Crippen LogP contribution in [0.15, 0.2) is 30.3 Å². The van der Waals surface area contributed by atoms with Crippen molar-refractivity contribution in [2.75, 3.05) is 6.61 Å². The molecule has 1 aromatic rings. The third kappa shape index (κ3) is 3.33. The highest BCUT2D eigenvalue weighted by atomic mass is 16.3. The molecule has 0 radical (unpaired) electrons. The van der Waals surface area contributed by atoms with E-state index in [9.17, 15) is 9.90 Å². The van der Waals surface area contributed by atoms with Crippen LogP contribution in [0.1, 0.15) is 18.9 Å². The molecule has 96 valence electrons. The van der Waals surface area contributed by atoms with Gasteiger partial charge in [-0.05, 0) is 12.5 Å². The summed E-state index contributed by atoms with van der Waals surface area (Å²) in [6.45, 7) is 1.52. The van der Waals surface area contributed by atoms with Crippen molar-refractivity contribution < 1.29 is 9.90 Å². The first kappa shape index (κ1) is 14.2. The first-order valence-electron chi connectivity index (χ1n) is 5.71. The van der Waals surface area contributed by atoms with E-state index in [1.54, 1.807) is 6.92 Å². The van der Waals surface area contributed by atoms with Crippen molar-refractivity contribution in [1.29, 1.82) is 0 Å². The van der Waals surface area contributed by atoms with E-state index in [0.717, 1.165) is 5.56 Å². The van der Waals surface area contributed by atoms with Gasteiger partial charge in [-0.3, -0.25) is 4.79 Å². The van der Waals surface area contributed by atoms with Crippen LogP contribution in [0, 0.1) is 12.3 Å². The zero-order valence-corrected chi connectivity index (χ0v) is 10.4. The van der Waals surface area contributed by atoms with Gasteiger partial charge in [-0.25, -0.2) is 0 Å². The second-order valence-corrected chi connectivity index (χ2v) is 4.36. The Hall–Kier alpha value is -1.83. The Bertz CT molecular complexity index is 439. The summed E-state index contributed by atoms with van der Waals surface area (Å²) in [6, 6.07) is 8.47. The average molecular weight is 246 g/mol. The minimum Gasteiger partial charge on any atom is -0.394 e. The molecule has 4 nitrogen and oxygen atoms in total. The van der Waals surface area contributed by atoms with Crippen LogP contribution >= 0.6 is 0 Å². The third-order valence-corrected chi connectivity index (χ3v) is 2.80. The van der Waals surface area contributed by atoms with Crippen molar-refractivity contribution in [3.63, 3.8) is 0 Å². The number of hydrogen-bond acceptors (Lipinski definition) is 3. The van der Waals surface area contributed by atoms with Gasteiger partial charge in [0, 0.05) is 6.42 Å². The molecule has 1 amide bonds. The topological polar surface area (TPSA) is 75.4 Å². The van der Waals surface area contributed by atoms with Crippen LogP contribution in [0.3, 0.4) is 0 Å². The molecule has 0 bridgehead atoms. The minimum atomic E-state index is -0.857. The smallest absolute Gasteiger partial charge is 0.238 e. The lowest BCUT2D eigenvalue weighted by atomic mass is 9.92. The number of rotatable bonds is 5. The van der Waals surface area contributed by atoms with Crippen LogP contribution < -0.4 is 11.1 Å². The van der Waals surface area contributed by atoms with Gasteiger partial charge >= 0.3 is 0 Å². The summed E-state index contributed by atoms with van der Waals surface area (Å²) in [5.41, 5.74) is 5.59. The van der Waals surface area contributed by atoms with Crippen LogP contribution in [-0.2, 0) is 10.3 Å². The van der Waals surface area contributed by atoms with Gasteiger partial charge in [0.05, 0.1) is 18.2 Å². The number of terminal acetylenes is 1. The highest BCUT2D eigenvalue weighted by molar-refractivity contribution is 5.82. The maximum absolute atomic E-state index is 11.8. The summed E-state index contributed by atoms with van der Waals surface area (Å²) >= 11 is 0. The molecule has 1 rings (SSSR count). The maximum atomic E-state index is 11.8. The number of nitrogens with one attached hydrogen (secondary N) is 1. The van der Waals surface area contributed by atoms with E-state index in [-0.39, 0.29) is 18.9 Å². The van der Waals surface area contributed by atoms with Gasteiger partial charge in [0.2, 0.25) is 5.91 Å². The summed E-state index contributed by atoms with van der Waals surface area (Å²) in [7, 11) is 0. The van der Waals surface area contributed by atoms with Crippen molar-refractivity contribution in [2.45, 2.75) is 24.9 Å². The number of benzene rings is 1. The molecule has 0 saturated carbocycles. The summed E-state index contributed by atoms with van der Waals surface area (Å²) in [5, 5.41) is 12.2. The molecule has 1 aromatic carbocycles. The van der Waals surface area contributed by atoms with E-state index in [0.29, 0.717) is 0 Å². The number of amides is 1. The summed E-state index contributed by atoms with van der Waals surface area (Å²) in [6.07, 6.45) is 5.28. The first-order valence-corrected chi connectivity index (χ1v) is 5.71. The number of carbonyl (C=O) groups excluding carboxylic acids is 1. The monoisotopic (exact) mass is 246 g/mol. The molecular weight excluding hydrogens is 228 g/mol. The second kappa shape index (κ2) is 6.20. The first-order chi connectivity index (χ1) is 8.53. The van der Waals surface area contributed by atoms with Gasteiger partial charge in [-0.1, -0.05) is 30.3 Å². The average Bonchev–Trinajstić information content (AvgIpc) is 2.39. The Balaban J connectivity index is 2.85. The minimum absolute atomic E-state index is 0.169. The van der Waals surface area contributed by atoms with E-state index < -0.39 is 11.6 Å². The highest BCUT2D eigenvalue weighted by Gasteiger charge is 2.29. The summed E-state index contributed by atoms with van der Waals surface area (Å²) < 4.78 is 0. The summed E-state index contributed by atoms with van der Waals surface area (Å²) in [5.74, 6) is 1.98. The molecule has 0 heterocycles. The van der Waals surface area contributed by atoms with Crippen molar-refractivity contribution in [3.8, 4) is 12.3 Å². The molecule has 0 aliphatic carbocycles. The zero-order chi connectivity index (χ0) is 13.6. The Kier molecular flexibility index (Phi) is 4.90.